The van der Waals surface area contributed by atoms with Crippen LogP contribution in [0.15, 0.2) is 24.3 Å². The molecule has 2 heterocycles. The van der Waals surface area contributed by atoms with Crippen LogP contribution in [0.25, 0.3) is 11.0 Å². The van der Waals surface area contributed by atoms with Gasteiger partial charge in [0, 0.05) is 39.6 Å². The van der Waals surface area contributed by atoms with E-state index in [9.17, 15) is 0 Å². The van der Waals surface area contributed by atoms with Crippen LogP contribution in [0.3, 0.4) is 0 Å². The number of fused-ring (bicyclic) bond motifs is 1. The standard InChI is InChI=1S/C15H22N4/c1-18-14-6-3-2-5-13(14)17-15(18)7-4-10-19-11-8-16-9-12-19/h2-3,5-6,16H,4,7-12H2,1H3. The van der Waals surface area contributed by atoms with Crippen LogP contribution >= 0.6 is 0 Å². The number of para-hydroxylation sites is 2. The molecule has 4 heteroatoms. The molecule has 1 aliphatic rings. The van der Waals surface area contributed by atoms with Crippen LogP contribution in [0.1, 0.15) is 12.2 Å². The summed E-state index contributed by atoms with van der Waals surface area (Å²) in [6.45, 7) is 5.81. The lowest BCUT2D eigenvalue weighted by atomic mass is 10.2. The number of aryl methyl sites for hydroxylation is 2. The Kier molecular flexibility index (Phi) is 3.80. The number of hydrogen-bond acceptors (Lipinski definition) is 3. The first-order valence-electron chi connectivity index (χ1n) is 7.18. The molecule has 1 saturated heterocycles. The number of hydrogen-bond donors (Lipinski definition) is 1. The van der Waals surface area contributed by atoms with Gasteiger partial charge >= 0.3 is 0 Å². The average molecular weight is 258 g/mol. The van der Waals surface area contributed by atoms with Crippen molar-refractivity contribution in [3.8, 4) is 0 Å². The van der Waals surface area contributed by atoms with Crippen molar-refractivity contribution in [2.24, 2.45) is 7.05 Å². The summed E-state index contributed by atoms with van der Waals surface area (Å²) in [6.07, 6.45) is 2.26. The normalized spacial score (nSPS) is 17.1. The van der Waals surface area contributed by atoms with Gasteiger partial charge in [-0.05, 0) is 25.1 Å². The smallest absolute Gasteiger partial charge is 0.109 e. The molecule has 1 aromatic heterocycles. The Morgan fingerprint density at radius 2 is 2.00 bits per heavy atom. The van der Waals surface area contributed by atoms with Crippen molar-refractivity contribution < 1.29 is 0 Å². The maximum Gasteiger partial charge on any atom is 0.109 e. The summed E-state index contributed by atoms with van der Waals surface area (Å²) in [5.74, 6) is 1.20. The molecule has 0 saturated carbocycles. The van der Waals surface area contributed by atoms with E-state index in [1.165, 1.54) is 37.4 Å². The SMILES string of the molecule is Cn1c(CCCN2CCNCC2)nc2ccccc21. The average Bonchev–Trinajstić information content (AvgIpc) is 2.78. The molecule has 0 spiro atoms. The molecular weight excluding hydrogens is 236 g/mol. The predicted molar refractivity (Wildman–Crippen MR) is 78.3 cm³/mol. The van der Waals surface area contributed by atoms with E-state index in [-0.39, 0.29) is 0 Å². The molecule has 4 nitrogen and oxygen atoms in total. The Labute approximate surface area is 114 Å². The number of nitrogens with zero attached hydrogens (tertiary/aromatic N) is 3. The second-order valence-corrected chi connectivity index (χ2v) is 5.27. The van der Waals surface area contributed by atoms with Crippen LogP contribution < -0.4 is 5.32 Å². The van der Waals surface area contributed by atoms with Gasteiger partial charge in [0.1, 0.15) is 5.82 Å². The molecule has 102 valence electrons. The van der Waals surface area contributed by atoms with Gasteiger partial charge in [0.25, 0.3) is 0 Å². The van der Waals surface area contributed by atoms with Gasteiger partial charge in [-0.1, -0.05) is 12.1 Å². The molecule has 1 N–H and O–H groups in total. The molecule has 2 aromatic rings. The van der Waals surface area contributed by atoms with Crippen LogP contribution in [0.2, 0.25) is 0 Å². The van der Waals surface area contributed by atoms with Gasteiger partial charge in [-0.3, -0.25) is 0 Å². The summed E-state index contributed by atoms with van der Waals surface area (Å²) in [5, 5.41) is 3.39. The minimum atomic E-state index is 1.06. The molecule has 0 unspecified atom stereocenters. The second kappa shape index (κ2) is 5.72. The zero-order valence-electron chi connectivity index (χ0n) is 11.6. The third-order valence-corrected chi connectivity index (χ3v) is 3.96. The highest BCUT2D eigenvalue weighted by Gasteiger charge is 2.10. The van der Waals surface area contributed by atoms with Gasteiger partial charge in [0.15, 0.2) is 0 Å². The maximum atomic E-state index is 4.73. The van der Waals surface area contributed by atoms with Crippen molar-refractivity contribution >= 4 is 11.0 Å². The van der Waals surface area contributed by atoms with Gasteiger partial charge in [0.05, 0.1) is 11.0 Å². The lowest BCUT2D eigenvalue weighted by Gasteiger charge is -2.26. The Morgan fingerprint density at radius 3 is 2.79 bits per heavy atom. The van der Waals surface area contributed by atoms with E-state index in [1.807, 2.05) is 0 Å². The van der Waals surface area contributed by atoms with Crippen LogP contribution in [0, 0.1) is 0 Å². The maximum absolute atomic E-state index is 4.73. The first kappa shape index (κ1) is 12.6. The summed E-state index contributed by atoms with van der Waals surface area (Å²) in [5.41, 5.74) is 2.35. The van der Waals surface area contributed by atoms with E-state index in [2.05, 4.69) is 46.1 Å². The van der Waals surface area contributed by atoms with E-state index in [1.54, 1.807) is 0 Å². The zero-order chi connectivity index (χ0) is 13.1. The summed E-state index contributed by atoms with van der Waals surface area (Å²) >= 11 is 0. The number of piperazine rings is 1. The highest BCUT2D eigenvalue weighted by molar-refractivity contribution is 5.75. The third-order valence-electron chi connectivity index (χ3n) is 3.96. The third kappa shape index (κ3) is 2.80. The minimum absolute atomic E-state index is 1.06. The fourth-order valence-electron chi connectivity index (χ4n) is 2.81. The van der Waals surface area contributed by atoms with Gasteiger partial charge < -0.3 is 14.8 Å². The Bertz CT molecular complexity index is 540. The number of benzene rings is 1. The van der Waals surface area contributed by atoms with Crippen LogP contribution in [0.5, 0.6) is 0 Å². The molecule has 0 radical (unpaired) electrons. The van der Waals surface area contributed by atoms with Crippen LogP contribution in [-0.4, -0.2) is 47.2 Å². The molecule has 1 aliphatic heterocycles. The molecule has 0 aliphatic carbocycles. The number of imidazole rings is 1. The molecule has 0 amide bonds. The van der Waals surface area contributed by atoms with Gasteiger partial charge in [0.2, 0.25) is 0 Å². The fourth-order valence-corrected chi connectivity index (χ4v) is 2.81. The molecule has 1 aromatic carbocycles. The monoisotopic (exact) mass is 258 g/mol. The van der Waals surface area contributed by atoms with E-state index in [0.717, 1.165) is 25.0 Å². The summed E-state index contributed by atoms with van der Waals surface area (Å²) in [4.78, 5) is 7.27. The van der Waals surface area contributed by atoms with Crippen molar-refractivity contribution in [2.45, 2.75) is 12.8 Å². The van der Waals surface area contributed by atoms with Gasteiger partial charge in [-0.15, -0.1) is 0 Å². The predicted octanol–water partition coefficient (Wildman–Crippen LogP) is 1.41. The molecule has 19 heavy (non-hydrogen) atoms. The molecule has 0 atom stereocenters. The van der Waals surface area contributed by atoms with E-state index >= 15 is 0 Å². The zero-order valence-corrected chi connectivity index (χ0v) is 11.6. The largest absolute Gasteiger partial charge is 0.331 e. The number of aromatic nitrogens is 2. The molecule has 1 fully saturated rings. The molecule has 0 bridgehead atoms. The second-order valence-electron chi connectivity index (χ2n) is 5.27. The Morgan fingerprint density at radius 1 is 1.21 bits per heavy atom. The Balaban J connectivity index is 1.60. The first-order valence-corrected chi connectivity index (χ1v) is 7.18. The van der Waals surface area contributed by atoms with E-state index in [4.69, 9.17) is 4.98 Å². The highest BCUT2D eigenvalue weighted by atomic mass is 15.2. The lowest BCUT2D eigenvalue weighted by molar-refractivity contribution is 0.238. The van der Waals surface area contributed by atoms with Gasteiger partial charge in [-0.2, -0.15) is 0 Å². The molecule has 3 rings (SSSR count). The Hall–Kier alpha value is -1.39. The topological polar surface area (TPSA) is 33.1 Å². The number of nitrogens with one attached hydrogen (secondary N) is 1. The van der Waals surface area contributed by atoms with Crippen molar-refractivity contribution in [3.63, 3.8) is 0 Å². The summed E-state index contributed by atoms with van der Waals surface area (Å²) < 4.78 is 2.23. The van der Waals surface area contributed by atoms with Crippen LogP contribution in [0.4, 0.5) is 0 Å². The summed E-state index contributed by atoms with van der Waals surface area (Å²) in [7, 11) is 2.12. The van der Waals surface area contributed by atoms with E-state index in [0.29, 0.717) is 0 Å². The first-order chi connectivity index (χ1) is 9.34. The van der Waals surface area contributed by atoms with Gasteiger partial charge in [-0.25, -0.2) is 4.98 Å². The van der Waals surface area contributed by atoms with Crippen molar-refractivity contribution in [3.05, 3.63) is 30.1 Å². The number of rotatable bonds is 4. The summed E-state index contributed by atoms with van der Waals surface area (Å²) in [6, 6.07) is 8.37. The van der Waals surface area contributed by atoms with Crippen LogP contribution in [-0.2, 0) is 13.5 Å². The fraction of sp³-hybridized carbons (Fsp3) is 0.533. The minimum Gasteiger partial charge on any atom is -0.331 e. The molecular formula is C15H22N4. The van der Waals surface area contributed by atoms with Crippen molar-refractivity contribution in [2.75, 3.05) is 32.7 Å². The lowest BCUT2D eigenvalue weighted by Crippen LogP contribution is -2.43. The van der Waals surface area contributed by atoms with Crippen molar-refractivity contribution in [1.29, 1.82) is 0 Å². The highest BCUT2D eigenvalue weighted by Crippen LogP contribution is 2.15. The van der Waals surface area contributed by atoms with Crippen molar-refractivity contribution in [1.82, 2.24) is 19.8 Å². The van der Waals surface area contributed by atoms with E-state index < -0.39 is 0 Å². The quantitative estimate of drug-likeness (QED) is 0.900.